The van der Waals surface area contributed by atoms with E-state index in [1.165, 1.54) is 6.07 Å². The summed E-state index contributed by atoms with van der Waals surface area (Å²) in [6.45, 7) is 3.84. The van der Waals surface area contributed by atoms with Crippen LogP contribution in [0.3, 0.4) is 0 Å². The molecule has 88 valence electrons. The molecule has 0 heterocycles. The van der Waals surface area contributed by atoms with Gasteiger partial charge in [-0.05, 0) is 25.8 Å². The first-order valence-electron chi connectivity index (χ1n) is 5.07. The molecule has 0 spiro atoms. The van der Waals surface area contributed by atoms with Crippen LogP contribution in [0, 0.1) is 10.1 Å². The maximum absolute atomic E-state index is 10.9. The van der Waals surface area contributed by atoms with E-state index in [2.05, 4.69) is 0 Å². The molecule has 4 nitrogen and oxygen atoms in total. The van der Waals surface area contributed by atoms with Crippen molar-refractivity contribution in [2.75, 3.05) is 0 Å². The van der Waals surface area contributed by atoms with Crippen LogP contribution < -0.4 is 5.73 Å². The number of benzene rings is 1. The second kappa shape index (κ2) is 4.80. The molecule has 1 unspecified atom stereocenters. The quantitative estimate of drug-likeness (QED) is 0.652. The van der Waals surface area contributed by atoms with Crippen LogP contribution in [-0.2, 0) is 6.42 Å². The van der Waals surface area contributed by atoms with Gasteiger partial charge in [0.1, 0.15) is 0 Å². The van der Waals surface area contributed by atoms with Gasteiger partial charge in [0.25, 0.3) is 5.69 Å². The lowest BCUT2D eigenvalue weighted by Crippen LogP contribution is -2.37. The molecule has 0 fully saturated rings. The van der Waals surface area contributed by atoms with Gasteiger partial charge in [-0.15, -0.1) is 0 Å². The Kier molecular flexibility index (Phi) is 3.88. The largest absolute Gasteiger partial charge is 0.325 e. The van der Waals surface area contributed by atoms with Gasteiger partial charge in [0, 0.05) is 22.2 Å². The Balaban J connectivity index is 3.09. The first-order chi connectivity index (χ1) is 7.35. The highest BCUT2D eigenvalue weighted by Gasteiger charge is 2.22. The van der Waals surface area contributed by atoms with Crippen LogP contribution in [0.15, 0.2) is 18.2 Å². The first-order valence-corrected chi connectivity index (χ1v) is 5.45. The van der Waals surface area contributed by atoms with Crippen LogP contribution in [0.5, 0.6) is 0 Å². The van der Waals surface area contributed by atoms with E-state index in [1.54, 1.807) is 12.1 Å². The van der Waals surface area contributed by atoms with Crippen LogP contribution in [0.25, 0.3) is 0 Å². The molecule has 1 rings (SSSR count). The minimum Gasteiger partial charge on any atom is -0.325 e. The Hall–Kier alpha value is -1.13. The molecule has 0 saturated carbocycles. The molecule has 0 aliphatic heterocycles. The Morgan fingerprint density at radius 3 is 2.69 bits per heavy atom. The molecule has 0 bridgehead atoms. The van der Waals surface area contributed by atoms with E-state index in [1.807, 2.05) is 13.8 Å². The number of rotatable bonds is 4. The van der Waals surface area contributed by atoms with E-state index in [0.717, 1.165) is 6.42 Å². The van der Waals surface area contributed by atoms with Crippen molar-refractivity contribution in [2.45, 2.75) is 32.2 Å². The van der Waals surface area contributed by atoms with Crippen molar-refractivity contribution in [1.29, 1.82) is 0 Å². The molecule has 0 aliphatic rings. The second-order valence-electron chi connectivity index (χ2n) is 4.21. The maximum atomic E-state index is 10.9. The van der Waals surface area contributed by atoms with Crippen molar-refractivity contribution in [1.82, 2.24) is 0 Å². The third-order valence-corrected chi connectivity index (χ3v) is 2.88. The van der Waals surface area contributed by atoms with Gasteiger partial charge in [-0.3, -0.25) is 10.1 Å². The van der Waals surface area contributed by atoms with Crippen LogP contribution >= 0.6 is 11.6 Å². The Morgan fingerprint density at radius 2 is 2.19 bits per heavy atom. The molecule has 0 amide bonds. The van der Waals surface area contributed by atoms with Gasteiger partial charge >= 0.3 is 0 Å². The summed E-state index contributed by atoms with van der Waals surface area (Å²) in [6.07, 6.45) is 1.23. The molecular formula is C11H15ClN2O2. The fourth-order valence-electron chi connectivity index (χ4n) is 1.42. The van der Waals surface area contributed by atoms with E-state index in [-0.39, 0.29) is 5.69 Å². The summed E-state index contributed by atoms with van der Waals surface area (Å²) >= 11 is 5.73. The smallest absolute Gasteiger partial charge is 0.274 e. The Morgan fingerprint density at radius 1 is 1.56 bits per heavy atom. The summed E-state index contributed by atoms with van der Waals surface area (Å²) < 4.78 is 0. The Bertz CT molecular complexity index is 405. The first kappa shape index (κ1) is 12.9. The predicted molar refractivity (Wildman–Crippen MR) is 64.7 cm³/mol. The van der Waals surface area contributed by atoms with E-state index < -0.39 is 10.5 Å². The topological polar surface area (TPSA) is 69.2 Å². The average Bonchev–Trinajstić information content (AvgIpc) is 2.20. The number of nitro benzene ring substituents is 1. The molecule has 5 heteroatoms. The minimum atomic E-state index is -0.432. The summed E-state index contributed by atoms with van der Waals surface area (Å²) in [5, 5.41) is 11.2. The van der Waals surface area contributed by atoms with Crippen LogP contribution in [0.4, 0.5) is 5.69 Å². The van der Waals surface area contributed by atoms with Crippen molar-refractivity contribution >= 4 is 17.3 Å². The number of nitrogens with two attached hydrogens (primary N) is 1. The summed E-state index contributed by atoms with van der Waals surface area (Å²) in [7, 11) is 0. The summed E-state index contributed by atoms with van der Waals surface area (Å²) in [5.41, 5.74) is 6.23. The van der Waals surface area contributed by atoms with Crippen LogP contribution in [-0.4, -0.2) is 10.5 Å². The van der Waals surface area contributed by atoms with Gasteiger partial charge in [0.15, 0.2) is 0 Å². The van der Waals surface area contributed by atoms with Crippen molar-refractivity contribution in [3.63, 3.8) is 0 Å². The summed E-state index contributed by atoms with van der Waals surface area (Å²) in [5.74, 6) is 0. The normalized spacial score (nSPS) is 14.5. The van der Waals surface area contributed by atoms with Crippen molar-refractivity contribution in [3.8, 4) is 0 Å². The monoisotopic (exact) mass is 242 g/mol. The second-order valence-corrected chi connectivity index (χ2v) is 4.65. The van der Waals surface area contributed by atoms with Crippen molar-refractivity contribution in [2.24, 2.45) is 5.73 Å². The van der Waals surface area contributed by atoms with Crippen molar-refractivity contribution < 1.29 is 4.92 Å². The number of hydrogen-bond acceptors (Lipinski definition) is 3. The lowest BCUT2D eigenvalue weighted by Gasteiger charge is -2.22. The zero-order valence-corrected chi connectivity index (χ0v) is 10.1. The van der Waals surface area contributed by atoms with Gasteiger partial charge in [-0.2, -0.15) is 0 Å². The van der Waals surface area contributed by atoms with Gasteiger partial charge in [0.05, 0.1) is 4.92 Å². The lowest BCUT2D eigenvalue weighted by molar-refractivity contribution is -0.385. The van der Waals surface area contributed by atoms with Gasteiger partial charge in [-0.25, -0.2) is 0 Å². The zero-order chi connectivity index (χ0) is 12.3. The van der Waals surface area contributed by atoms with Gasteiger partial charge in [-0.1, -0.05) is 24.6 Å². The third kappa shape index (κ3) is 3.18. The summed E-state index contributed by atoms with van der Waals surface area (Å²) in [6, 6.07) is 4.68. The predicted octanol–water partition coefficient (Wildman–Crippen LogP) is 2.92. The van der Waals surface area contributed by atoms with Crippen LogP contribution in [0.1, 0.15) is 25.8 Å². The molecule has 0 aliphatic carbocycles. The van der Waals surface area contributed by atoms with E-state index in [0.29, 0.717) is 17.0 Å². The molecule has 1 atom stereocenters. The fourth-order valence-corrected chi connectivity index (χ4v) is 1.58. The average molecular weight is 243 g/mol. The molecule has 1 aromatic carbocycles. The van der Waals surface area contributed by atoms with E-state index in [4.69, 9.17) is 17.3 Å². The highest BCUT2D eigenvalue weighted by molar-refractivity contribution is 6.30. The molecule has 2 N–H and O–H groups in total. The van der Waals surface area contributed by atoms with Gasteiger partial charge in [0.2, 0.25) is 0 Å². The number of hydrogen-bond donors (Lipinski definition) is 1. The van der Waals surface area contributed by atoms with Crippen molar-refractivity contribution in [3.05, 3.63) is 38.9 Å². The minimum absolute atomic E-state index is 0.0395. The molecule has 0 aromatic heterocycles. The van der Waals surface area contributed by atoms with E-state index in [9.17, 15) is 10.1 Å². The molecule has 1 aromatic rings. The molecule has 16 heavy (non-hydrogen) atoms. The number of nitro groups is 1. The standard InChI is InChI=1S/C11H15ClN2O2/c1-3-11(2,13)7-8-4-5-9(12)6-10(8)14(15)16/h4-6H,3,7,13H2,1-2H3. The summed E-state index contributed by atoms with van der Waals surface area (Å²) in [4.78, 5) is 10.4. The number of nitrogens with zero attached hydrogens (tertiary/aromatic N) is 1. The molecular weight excluding hydrogens is 228 g/mol. The van der Waals surface area contributed by atoms with E-state index >= 15 is 0 Å². The van der Waals surface area contributed by atoms with Gasteiger partial charge < -0.3 is 5.73 Å². The highest BCUT2D eigenvalue weighted by atomic mass is 35.5. The lowest BCUT2D eigenvalue weighted by atomic mass is 9.91. The zero-order valence-electron chi connectivity index (χ0n) is 9.37. The fraction of sp³-hybridized carbons (Fsp3) is 0.455. The highest BCUT2D eigenvalue weighted by Crippen LogP contribution is 2.26. The molecule has 0 saturated heterocycles. The molecule has 0 radical (unpaired) electrons. The SMILES string of the molecule is CCC(C)(N)Cc1ccc(Cl)cc1[N+](=O)[O-]. The Labute approximate surface area is 99.6 Å². The van der Waals surface area contributed by atoms with Crippen LogP contribution in [0.2, 0.25) is 5.02 Å². The number of halogens is 1. The maximum Gasteiger partial charge on any atom is 0.274 e. The third-order valence-electron chi connectivity index (χ3n) is 2.65.